The summed E-state index contributed by atoms with van der Waals surface area (Å²) in [6, 6.07) is 14.4. The number of benzene rings is 2. The molecule has 0 radical (unpaired) electrons. The molecule has 0 atom stereocenters. The molecule has 2 rings (SSSR count). The Labute approximate surface area is 149 Å². The molecule has 3 N–H and O–H groups in total. The minimum Gasteiger partial charge on any atom is -0.497 e. The number of carbonyl (C=O) groups is 2. The number of nitro groups is 1. The topological polar surface area (TPSA) is 139 Å². The standard InChI is InChI=1S/C15H16N2O3.C2H2O4/c1-20-15-7-5-12(6-8-15)10-16-11-13-3-2-4-14(9-13)17(18)19;3-1(4)2(5)6/h2-9,16H,10-11H2,1H3;(H,3,4)(H,5,6). The lowest BCUT2D eigenvalue weighted by molar-refractivity contribution is -0.384. The lowest BCUT2D eigenvalue weighted by Crippen LogP contribution is -2.12. The first-order chi connectivity index (χ1) is 12.3. The largest absolute Gasteiger partial charge is 0.497 e. The lowest BCUT2D eigenvalue weighted by atomic mass is 10.2. The third kappa shape index (κ3) is 7.41. The van der Waals surface area contributed by atoms with Crippen LogP contribution in [0, 0.1) is 10.1 Å². The molecular formula is C17H18N2O7. The van der Waals surface area contributed by atoms with E-state index in [9.17, 15) is 10.1 Å². The van der Waals surface area contributed by atoms with Gasteiger partial charge in [-0.25, -0.2) is 9.59 Å². The Morgan fingerprint density at radius 2 is 1.62 bits per heavy atom. The predicted octanol–water partition coefficient (Wildman–Crippen LogP) is 2.05. The van der Waals surface area contributed by atoms with Gasteiger partial charge in [0.1, 0.15) is 5.75 Å². The lowest BCUT2D eigenvalue weighted by Gasteiger charge is -2.06. The van der Waals surface area contributed by atoms with E-state index in [0.29, 0.717) is 13.1 Å². The minimum atomic E-state index is -1.82. The molecule has 26 heavy (non-hydrogen) atoms. The van der Waals surface area contributed by atoms with E-state index >= 15 is 0 Å². The average molecular weight is 362 g/mol. The second kappa shape index (κ2) is 10.4. The van der Waals surface area contributed by atoms with Gasteiger partial charge < -0.3 is 20.3 Å². The van der Waals surface area contributed by atoms with Gasteiger partial charge in [0, 0.05) is 25.2 Å². The number of rotatable bonds is 6. The van der Waals surface area contributed by atoms with E-state index in [0.717, 1.165) is 16.9 Å². The smallest absolute Gasteiger partial charge is 0.414 e. The first-order valence-electron chi connectivity index (χ1n) is 7.36. The fraction of sp³-hybridized carbons (Fsp3) is 0.176. The molecule has 0 saturated heterocycles. The average Bonchev–Trinajstić information content (AvgIpc) is 2.63. The number of ether oxygens (including phenoxy) is 1. The molecule has 9 heteroatoms. The maximum absolute atomic E-state index is 10.7. The van der Waals surface area contributed by atoms with Crippen molar-refractivity contribution in [3.8, 4) is 5.75 Å². The highest BCUT2D eigenvalue weighted by Crippen LogP contribution is 2.14. The molecule has 0 aliphatic rings. The molecule has 0 fully saturated rings. The Morgan fingerprint density at radius 1 is 1.04 bits per heavy atom. The first kappa shape index (κ1) is 20.6. The number of hydrogen-bond donors (Lipinski definition) is 3. The molecule has 0 heterocycles. The summed E-state index contributed by atoms with van der Waals surface area (Å²) in [5.41, 5.74) is 2.15. The van der Waals surface area contributed by atoms with Crippen molar-refractivity contribution in [2.24, 2.45) is 0 Å². The highest BCUT2D eigenvalue weighted by Gasteiger charge is 2.05. The number of hydrogen-bond acceptors (Lipinski definition) is 6. The predicted molar refractivity (Wildman–Crippen MR) is 91.9 cm³/mol. The van der Waals surface area contributed by atoms with Crippen molar-refractivity contribution in [1.29, 1.82) is 0 Å². The van der Waals surface area contributed by atoms with Crippen LogP contribution in [0.5, 0.6) is 5.75 Å². The highest BCUT2D eigenvalue weighted by atomic mass is 16.6. The Morgan fingerprint density at radius 3 is 2.12 bits per heavy atom. The van der Waals surface area contributed by atoms with E-state index in [1.807, 2.05) is 30.3 Å². The van der Waals surface area contributed by atoms with Crippen molar-refractivity contribution in [3.05, 3.63) is 69.8 Å². The number of non-ortho nitro benzene ring substituents is 1. The quantitative estimate of drug-likeness (QED) is 0.403. The van der Waals surface area contributed by atoms with Gasteiger partial charge in [0.2, 0.25) is 0 Å². The van der Waals surface area contributed by atoms with Gasteiger partial charge in [-0.1, -0.05) is 24.3 Å². The normalized spacial score (nSPS) is 9.58. The van der Waals surface area contributed by atoms with Crippen molar-refractivity contribution < 1.29 is 29.5 Å². The Hall–Kier alpha value is -3.46. The maximum atomic E-state index is 10.7. The monoisotopic (exact) mass is 362 g/mol. The zero-order valence-corrected chi connectivity index (χ0v) is 13.9. The Kier molecular flexibility index (Phi) is 8.24. The summed E-state index contributed by atoms with van der Waals surface area (Å²) in [6.45, 7) is 1.29. The van der Waals surface area contributed by atoms with Crippen LogP contribution >= 0.6 is 0 Å². The maximum Gasteiger partial charge on any atom is 0.414 e. The van der Waals surface area contributed by atoms with Crippen molar-refractivity contribution in [2.45, 2.75) is 13.1 Å². The molecule has 2 aromatic carbocycles. The summed E-state index contributed by atoms with van der Waals surface area (Å²) in [6.07, 6.45) is 0. The van der Waals surface area contributed by atoms with Crippen LogP contribution in [0.15, 0.2) is 48.5 Å². The molecule has 0 amide bonds. The number of nitrogens with one attached hydrogen (secondary N) is 1. The molecule has 138 valence electrons. The van der Waals surface area contributed by atoms with Gasteiger partial charge in [0.15, 0.2) is 0 Å². The molecule has 0 unspecified atom stereocenters. The van der Waals surface area contributed by atoms with Crippen LogP contribution in [0.3, 0.4) is 0 Å². The summed E-state index contributed by atoms with van der Waals surface area (Å²) in [5.74, 6) is -2.82. The van der Waals surface area contributed by atoms with Gasteiger partial charge in [-0.2, -0.15) is 0 Å². The van der Waals surface area contributed by atoms with Crippen LogP contribution in [-0.4, -0.2) is 34.2 Å². The number of methoxy groups -OCH3 is 1. The van der Waals surface area contributed by atoms with E-state index in [1.54, 1.807) is 19.2 Å². The van der Waals surface area contributed by atoms with Gasteiger partial charge in [-0.05, 0) is 23.3 Å². The molecular weight excluding hydrogens is 344 g/mol. The van der Waals surface area contributed by atoms with Crippen molar-refractivity contribution in [3.63, 3.8) is 0 Å². The highest BCUT2D eigenvalue weighted by molar-refractivity contribution is 6.27. The number of nitrogens with zero attached hydrogens (tertiary/aromatic N) is 1. The zero-order chi connectivity index (χ0) is 19.5. The van der Waals surface area contributed by atoms with Crippen LogP contribution in [0.4, 0.5) is 5.69 Å². The van der Waals surface area contributed by atoms with Gasteiger partial charge >= 0.3 is 11.9 Å². The molecule has 9 nitrogen and oxygen atoms in total. The SMILES string of the molecule is COc1ccc(CNCc2cccc([N+](=O)[O-])c2)cc1.O=C(O)C(=O)O. The van der Waals surface area contributed by atoms with Gasteiger partial charge in [0.05, 0.1) is 12.0 Å². The zero-order valence-electron chi connectivity index (χ0n) is 13.9. The summed E-state index contributed by atoms with van der Waals surface area (Å²) in [5, 5.41) is 28.7. The Bertz CT molecular complexity index is 748. The summed E-state index contributed by atoms with van der Waals surface area (Å²) in [7, 11) is 1.63. The van der Waals surface area contributed by atoms with Crippen molar-refractivity contribution in [2.75, 3.05) is 7.11 Å². The second-order valence-electron chi connectivity index (χ2n) is 4.99. The number of aliphatic carboxylic acids is 2. The Balaban J connectivity index is 0.000000487. The van der Waals surface area contributed by atoms with Crippen LogP contribution in [0.2, 0.25) is 0 Å². The number of carboxylic acid groups (broad SMARTS) is 2. The fourth-order valence-electron chi connectivity index (χ4n) is 1.87. The molecule has 0 aliphatic heterocycles. The van der Waals surface area contributed by atoms with E-state index in [-0.39, 0.29) is 10.6 Å². The molecule has 0 saturated carbocycles. The van der Waals surface area contributed by atoms with Crippen molar-refractivity contribution in [1.82, 2.24) is 5.32 Å². The molecule has 0 spiro atoms. The van der Waals surface area contributed by atoms with E-state index in [4.69, 9.17) is 24.5 Å². The van der Waals surface area contributed by atoms with Gasteiger partial charge in [0.25, 0.3) is 5.69 Å². The summed E-state index contributed by atoms with van der Waals surface area (Å²) < 4.78 is 5.09. The van der Waals surface area contributed by atoms with Gasteiger partial charge in [-0.15, -0.1) is 0 Å². The third-order valence-electron chi connectivity index (χ3n) is 3.12. The number of nitro benzene ring substituents is 1. The molecule has 0 aliphatic carbocycles. The molecule has 0 aromatic heterocycles. The third-order valence-corrected chi connectivity index (χ3v) is 3.12. The molecule has 0 bridgehead atoms. The second-order valence-corrected chi connectivity index (χ2v) is 4.99. The van der Waals surface area contributed by atoms with Crippen LogP contribution < -0.4 is 10.1 Å². The van der Waals surface area contributed by atoms with E-state index in [2.05, 4.69) is 5.32 Å². The molecule has 2 aromatic rings. The number of carboxylic acids is 2. The minimum absolute atomic E-state index is 0.119. The van der Waals surface area contributed by atoms with Gasteiger partial charge in [-0.3, -0.25) is 10.1 Å². The first-order valence-corrected chi connectivity index (χ1v) is 7.36. The van der Waals surface area contributed by atoms with E-state index in [1.165, 1.54) is 6.07 Å². The van der Waals surface area contributed by atoms with Crippen molar-refractivity contribution >= 4 is 17.6 Å². The summed E-state index contributed by atoms with van der Waals surface area (Å²) >= 11 is 0. The van der Waals surface area contributed by atoms with Crippen LogP contribution in [0.1, 0.15) is 11.1 Å². The van der Waals surface area contributed by atoms with Crippen LogP contribution in [0.25, 0.3) is 0 Å². The van der Waals surface area contributed by atoms with E-state index < -0.39 is 11.9 Å². The summed E-state index contributed by atoms with van der Waals surface area (Å²) in [4.78, 5) is 28.5. The fourth-order valence-corrected chi connectivity index (χ4v) is 1.87. The van der Waals surface area contributed by atoms with Crippen LogP contribution in [-0.2, 0) is 22.7 Å².